The van der Waals surface area contributed by atoms with E-state index in [4.69, 9.17) is 4.74 Å². The molecular formula is C10H12BrNO2S. The van der Waals surface area contributed by atoms with Gasteiger partial charge in [0.05, 0.1) is 7.11 Å². The lowest BCUT2D eigenvalue weighted by Gasteiger charge is -2.07. The zero-order chi connectivity index (χ0) is 11.3. The number of carbonyl (C=O) groups excluding carboxylic acids is 1. The van der Waals surface area contributed by atoms with Crippen molar-refractivity contribution in [3.63, 3.8) is 0 Å². The first-order chi connectivity index (χ1) is 7.15. The molecule has 0 unspecified atom stereocenters. The van der Waals surface area contributed by atoms with Crippen LogP contribution < -0.4 is 10.1 Å². The summed E-state index contributed by atoms with van der Waals surface area (Å²) in [6, 6.07) is 5.41. The molecule has 0 radical (unpaired) electrons. The van der Waals surface area contributed by atoms with Crippen molar-refractivity contribution in [2.24, 2.45) is 0 Å². The highest BCUT2D eigenvalue weighted by Gasteiger charge is 2.03. The Bertz CT molecular complexity index is 357. The van der Waals surface area contributed by atoms with Gasteiger partial charge in [0.1, 0.15) is 5.75 Å². The van der Waals surface area contributed by atoms with Crippen molar-refractivity contribution in [3.8, 4) is 5.75 Å². The first kappa shape index (κ1) is 12.4. The highest BCUT2D eigenvalue weighted by atomic mass is 79.9. The number of hydrogen-bond acceptors (Lipinski definition) is 3. The fourth-order valence-electron chi connectivity index (χ4n) is 1.08. The second kappa shape index (κ2) is 6.02. The van der Waals surface area contributed by atoms with Gasteiger partial charge in [-0.1, -0.05) is 15.9 Å². The SMILES string of the molecule is COc1cc(Br)cc(NC(=O)CCS)c1. The zero-order valence-corrected chi connectivity index (χ0v) is 10.8. The number of carbonyl (C=O) groups is 1. The third-order valence-electron chi connectivity index (χ3n) is 1.73. The smallest absolute Gasteiger partial charge is 0.225 e. The number of methoxy groups -OCH3 is 1. The van der Waals surface area contributed by atoms with Crippen LogP contribution in [0.15, 0.2) is 22.7 Å². The molecule has 82 valence electrons. The highest BCUT2D eigenvalue weighted by molar-refractivity contribution is 9.10. The average Bonchev–Trinajstić information content (AvgIpc) is 2.17. The number of nitrogens with one attached hydrogen (secondary N) is 1. The van der Waals surface area contributed by atoms with Gasteiger partial charge in [0.25, 0.3) is 0 Å². The predicted molar refractivity (Wildman–Crippen MR) is 67.8 cm³/mol. The van der Waals surface area contributed by atoms with E-state index in [9.17, 15) is 4.79 Å². The van der Waals surface area contributed by atoms with Gasteiger partial charge in [-0.2, -0.15) is 12.6 Å². The van der Waals surface area contributed by atoms with Crippen LogP contribution in [0.4, 0.5) is 5.69 Å². The predicted octanol–water partition coefficient (Wildman–Crippen LogP) is 2.72. The molecule has 5 heteroatoms. The summed E-state index contributed by atoms with van der Waals surface area (Å²) in [6.07, 6.45) is 0.401. The molecule has 1 amide bonds. The molecule has 1 aromatic rings. The topological polar surface area (TPSA) is 38.3 Å². The first-order valence-electron chi connectivity index (χ1n) is 4.41. The number of thiol groups is 1. The van der Waals surface area contributed by atoms with Gasteiger partial charge >= 0.3 is 0 Å². The largest absolute Gasteiger partial charge is 0.497 e. The molecule has 1 N–H and O–H groups in total. The van der Waals surface area contributed by atoms with Crippen LogP contribution in [-0.2, 0) is 4.79 Å². The standard InChI is InChI=1S/C10H12BrNO2S/c1-14-9-5-7(11)4-8(6-9)12-10(13)2-3-15/h4-6,15H,2-3H2,1H3,(H,12,13). The van der Waals surface area contributed by atoms with Crippen molar-refractivity contribution >= 4 is 40.2 Å². The van der Waals surface area contributed by atoms with Crippen molar-refractivity contribution in [2.45, 2.75) is 6.42 Å². The molecule has 0 bridgehead atoms. The summed E-state index contributed by atoms with van der Waals surface area (Å²) in [5, 5.41) is 2.76. The van der Waals surface area contributed by atoms with Crippen LogP contribution >= 0.6 is 28.6 Å². The number of benzene rings is 1. The van der Waals surface area contributed by atoms with Gasteiger partial charge in [-0.05, 0) is 17.9 Å². The summed E-state index contributed by atoms with van der Waals surface area (Å²) in [6.45, 7) is 0. The van der Waals surface area contributed by atoms with E-state index in [1.165, 1.54) is 0 Å². The molecule has 0 heterocycles. The monoisotopic (exact) mass is 289 g/mol. The molecule has 3 nitrogen and oxygen atoms in total. The van der Waals surface area contributed by atoms with Gasteiger partial charge in [-0.3, -0.25) is 4.79 Å². The first-order valence-corrected chi connectivity index (χ1v) is 5.83. The van der Waals surface area contributed by atoms with E-state index >= 15 is 0 Å². The molecule has 0 atom stereocenters. The Kier molecular flexibility index (Phi) is 4.98. The molecule has 0 saturated heterocycles. The quantitative estimate of drug-likeness (QED) is 0.837. The van der Waals surface area contributed by atoms with Crippen LogP contribution in [0.2, 0.25) is 0 Å². The number of rotatable bonds is 4. The minimum Gasteiger partial charge on any atom is -0.497 e. The normalized spacial score (nSPS) is 9.80. The number of ether oxygens (including phenoxy) is 1. The summed E-state index contributed by atoms with van der Waals surface area (Å²) in [4.78, 5) is 11.3. The fourth-order valence-corrected chi connectivity index (χ4v) is 1.75. The maximum atomic E-state index is 11.3. The van der Waals surface area contributed by atoms with Crippen molar-refractivity contribution < 1.29 is 9.53 Å². The summed E-state index contributed by atoms with van der Waals surface area (Å²) in [5.74, 6) is 1.19. The van der Waals surface area contributed by atoms with Crippen molar-refractivity contribution in [1.82, 2.24) is 0 Å². The minimum atomic E-state index is -0.0508. The Labute approximate surface area is 103 Å². The van der Waals surface area contributed by atoms with E-state index in [1.807, 2.05) is 12.1 Å². The van der Waals surface area contributed by atoms with Crippen LogP contribution in [-0.4, -0.2) is 18.8 Å². The Hall–Kier alpha value is -0.680. The van der Waals surface area contributed by atoms with Gasteiger partial charge in [0.2, 0.25) is 5.91 Å². The van der Waals surface area contributed by atoms with E-state index in [-0.39, 0.29) is 5.91 Å². The van der Waals surface area contributed by atoms with Crippen molar-refractivity contribution in [1.29, 1.82) is 0 Å². The Morgan fingerprint density at radius 2 is 2.27 bits per heavy atom. The van der Waals surface area contributed by atoms with Crippen LogP contribution in [0.3, 0.4) is 0 Å². The molecule has 1 rings (SSSR count). The maximum Gasteiger partial charge on any atom is 0.225 e. The number of anilines is 1. The van der Waals surface area contributed by atoms with Crippen molar-refractivity contribution in [3.05, 3.63) is 22.7 Å². The van der Waals surface area contributed by atoms with Gasteiger partial charge in [0.15, 0.2) is 0 Å². The van der Waals surface area contributed by atoms with Gasteiger partial charge in [-0.25, -0.2) is 0 Å². The van der Waals surface area contributed by atoms with Gasteiger partial charge in [-0.15, -0.1) is 0 Å². The van der Waals surface area contributed by atoms with Gasteiger partial charge < -0.3 is 10.1 Å². The Balaban J connectivity index is 2.76. The fraction of sp³-hybridized carbons (Fsp3) is 0.300. The van der Waals surface area contributed by atoms with Gasteiger partial charge in [0, 0.05) is 22.6 Å². The molecule has 0 spiro atoms. The molecular weight excluding hydrogens is 278 g/mol. The molecule has 1 aromatic carbocycles. The molecule has 0 aromatic heterocycles. The molecule has 0 aliphatic carbocycles. The lowest BCUT2D eigenvalue weighted by atomic mass is 10.3. The molecule has 0 aliphatic rings. The lowest BCUT2D eigenvalue weighted by Crippen LogP contribution is -2.11. The summed E-state index contributed by atoms with van der Waals surface area (Å²) in [7, 11) is 1.58. The van der Waals surface area contributed by atoms with Crippen molar-refractivity contribution in [2.75, 3.05) is 18.2 Å². The van der Waals surface area contributed by atoms with E-state index in [1.54, 1.807) is 13.2 Å². The van der Waals surface area contributed by atoms with Crippen LogP contribution in [0.5, 0.6) is 5.75 Å². The summed E-state index contributed by atoms with van der Waals surface area (Å²) >= 11 is 7.33. The van der Waals surface area contributed by atoms with Crippen LogP contribution in [0.25, 0.3) is 0 Å². The van der Waals surface area contributed by atoms with E-state index in [0.29, 0.717) is 23.6 Å². The van der Waals surface area contributed by atoms with E-state index < -0.39 is 0 Å². The highest BCUT2D eigenvalue weighted by Crippen LogP contribution is 2.24. The molecule has 0 fully saturated rings. The van der Waals surface area contributed by atoms with Crippen LogP contribution in [0, 0.1) is 0 Å². The maximum absolute atomic E-state index is 11.3. The second-order valence-corrected chi connectivity index (χ2v) is 4.26. The Morgan fingerprint density at radius 3 is 2.87 bits per heavy atom. The lowest BCUT2D eigenvalue weighted by molar-refractivity contribution is -0.115. The molecule has 0 saturated carbocycles. The van der Waals surface area contributed by atoms with E-state index in [0.717, 1.165) is 4.47 Å². The number of hydrogen-bond donors (Lipinski definition) is 2. The number of amides is 1. The van der Waals surface area contributed by atoms with Crippen LogP contribution in [0.1, 0.15) is 6.42 Å². The summed E-state index contributed by atoms with van der Waals surface area (Å²) < 4.78 is 5.94. The van der Waals surface area contributed by atoms with E-state index in [2.05, 4.69) is 33.9 Å². The number of halogens is 1. The zero-order valence-electron chi connectivity index (χ0n) is 8.29. The Morgan fingerprint density at radius 1 is 1.53 bits per heavy atom. The second-order valence-electron chi connectivity index (χ2n) is 2.90. The third-order valence-corrected chi connectivity index (χ3v) is 2.41. The molecule has 0 aliphatic heterocycles. The third kappa shape index (κ3) is 4.13. The average molecular weight is 290 g/mol. The molecule has 15 heavy (non-hydrogen) atoms. The minimum absolute atomic E-state index is 0.0508. The summed E-state index contributed by atoms with van der Waals surface area (Å²) in [5.41, 5.74) is 0.716.